The maximum atomic E-state index is 11.9. The van der Waals surface area contributed by atoms with Crippen LogP contribution in [0.25, 0.3) is 11.2 Å². The first-order valence-electron chi connectivity index (χ1n) is 6.69. The normalized spacial score (nSPS) is 36.1. The van der Waals surface area contributed by atoms with Crippen LogP contribution in [0, 0.1) is 0 Å². The van der Waals surface area contributed by atoms with Gasteiger partial charge in [0.05, 0.1) is 6.61 Å². The molecule has 5 atom stereocenters. The van der Waals surface area contributed by atoms with Crippen LogP contribution in [0.3, 0.4) is 0 Å². The molecular weight excluding hydrogens is 413 g/mol. The lowest BCUT2D eigenvalue weighted by molar-refractivity contribution is -0.0669. The molecule has 2 aliphatic rings. The minimum atomic E-state index is -4.24. The van der Waals surface area contributed by atoms with Crippen molar-refractivity contribution in [1.82, 2.24) is 19.5 Å². The molecule has 0 aromatic carbocycles. The number of anilines is 1. The molecule has 2 aliphatic heterocycles. The summed E-state index contributed by atoms with van der Waals surface area (Å²) in [5.74, 6) is -0.134. The Labute approximate surface area is 141 Å². The SMILES string of the molecule is Nc1nc2c(nc(Br)n2[C@@H]2O[C@H]3COP(=O)(O)O[C@@H]3C2O)c(=O)[nH]1. The Morgan fingerprint density at radius 2 is 2.21 bits per heavy atom. The minimum absolute atomic E-state index is 0.00764. The number of hydrogen-bond donors (Lipinski definition) is 4. The molecule has 2 unspecified atom stereocenters. The highest BCUT2D eigenvalue weighted by atomic mass is 79.9. The first kappa shape index (κ1) is 16.1. The van der Waals surface area contributed by atoms with E-state index in [0.29, 0.717) is 0 Å². The summed E-state index contributed by atoms with van der Waals surface area (Å²) < 4.78 is 28.2. The van der Waals surface area contributed by atoms with E-state index < -0.39 is 37.9 Å². The molecule has 2 aromatic rings. The van der Waals surface area contributed by atoms with E-state index in [1.165, 1.54) is 4.57 Å². The molecule has 0 spiro atoms. The van der Waals surface area contributed by atoms with Crippen molar-refractivity contribution in [2.24, 2.45) is 0 Å². The van der Waals surface area contributed by atoms with Crippen molar-refractivity contribution in [2.75, 3.05) is 12.3 Å². The van der Waals surface area contributed by atoms with Crippen LogP contribution in [0.5, 0.6) is 0 Å². The molecule has 24 heavy (non-hydrogen) atoms. The molecule has 0 bridgehead atoms. The maximum Gasteiger partial charge on any atom is 0.472 e. The lowest BCUT2D eigenvalue weighted by Crippen LogP contribution is -2.39. The van der Waals surface area contributed by atoms with Crippen molar-refractivity contribution >= 4 is 40.9 Å². The number of aliphatic hydroxyl groups excluding tert-OH is 1. The minimum Gasteiger partial charge on any atom is -0.386 e. The largest absolute Gasteiger partial charge is 0.472 e. The molecule has 0 aliphatic carbocycles. The predicted molar refractivity (Wildman–Crippen MR) is 80.8 cm³/mol. The van der Waals surface area contributed by atoms with Gasteiger partial charge >= 0.3 is 7.82 Å². The van der Waals surface area contributed by atoms with E-state index in [1.54, 1.807) is 0 Å². The maximum absolute atomic E-state index is 11.9. The standard InChI is InChI=1S/C10H11BrN5O7P/c11-9-13-3-6(14-10(12)15-7(3)18)16(9)8-4(17)5-2(22-8)1-21-24(19,20)23-5/h2,4-5,8,17H,1H2,(H,19,20)(H3,12,14,15,18)/t2-,4?,5-,8+/m0/s1. The highest BCUT2D eigenvalue weighted by Gasteiger charge is 2.53. The number of imidazole rings is 1. The summed E-state index contributed by atoms with van der Waals surface area (Å²) in [5.41, 5.74) is 5.07. The van der Waals surface area contributed by atoms with Crippen LogP contribution in [0.1, 0.15) is 6.23 Å². The number of hydrogen-bond acceptors (Lipinski definition) is 9. The number of halogens is 1. The highest BCUT2D eigenvalue weighted by Crippen LogP contribution is 2.52. The topological polar surface area (TPSA) is 175 Å². The third-order valence-corrected chi connectivity index (χ3v) is 5.29. The Morgan fingerprint density at radius 3 is 2.96 bits per heavy atom. The molecule has 4 rings (SSSR count). The first-order chi connectivity index (χ1) is 11.3. The number of fused-ring (bicyclic) bond motifs is 2. The zero-order chi connectivity index (χ0) is 17.2. The second kappa shape index (κ2) is 5.33. The van der Waals surface area contributed by atoms with Crippen LogP contribution in [0.4, 0.5) is 5.95 Å². The van der Waals surface area contributed by atoms with E-state index in [4.69, 9.17) is 15.0 Å². The van der Waals surface area contributed by atoms with E-state index in [0.717, 1.165) is 0 Å². The number of H-pyrrole nitrogens is 1. The summed E-state index contributed by atoms with van der Waals surface area (Å²) in [7, 11) is -4.24. The molecule has 4 heterocycles. The average molecular weight is 424 g/mol. The molecule has 2 saturated heterocycles. The third-order valence-electron chi connectivity index (χ3n) is 3.75. The Balaban J connectivity index is 1.80. The molecule has 0 amide bonds. The summed E-state index contributed by atoms with van der Waals surface area (Å²) >= 11 is 3.18. The van der Waals surface area contributed by atoms with Gasteiger partial charge in [0, 0.05) is 0 Å². The monoisotopic (exact) mass is 423 g/mol. The number of aromatic nitrogens is 4. The Bertz CT molecular complexity index is 930. The molecule has 12 nitrogen and oxygen atoms in total. The number of nitrogens with two attached hydrogens (primary N) is 1. The van der Waals surface area contributed by atoms with Crippen molar-refractivity contribution in [1.29, 1.82) is 0 Å². The van der Waals surface area contributed by atoms with Crippen LogP contribution in [0.15, 0.2) is 9.53 Å². The van der Waals surface area contributed by atoms with Crippen molar-refractivity contribution in [3.63, 3.8) is 0 Å². The fourth-order valence-electron chi connectivity index (χ4n) is 2.75. The van der Waals surface area contributed by atoms with Gasteiger partial charge in [0.25, 0.3) is 5.56 Å². The van der Waals surface area contributed by atoms with Crippen LogP contribution in [-0.2, 0) is 18.3 Å². The summed E-state index contributed by atoms with van der Waals surface area (Å²) in [5, 5.41) is 10.5. The van der Waals surface area contributed by atoms with Crippen molar-refractivity contribution in [2.45, 2.75) is 24.5 Å². The molecule has 2 aromatic heterocycles. The number of nitrogens with one attached hydrogen (secondary N) is 1. The van der Waals surface area contributed by atoms with Gasteiger partial charge < -0.3 is 20.5 Å². The first-order valence-corrected chi connectivity index (χ1v) is 8.98. The van der Waals surface area contributed by atoms with E-state index in [-0.39, 0.29) is 28.5 Å². The van der Waals surface area contributed by atoms with Gasteiger partial charge in [-0.3, -0.25) is 23.4 Å². The molecule has 5 N–H and O–H groups in total. The number of phosphoric acid groups is 1. The molecule has 0 radical (unpaired) electrons. The lowest BCUT2D eigenvalue weighted by atomic mass is 10.1. The van der Waals surface area contributed by atoms with Gasteiger partial charge in [-0.15, -0.1) is 0 Å². The smallest absolute Gasteiger partial charge is 0.386 e. The number of nitrogens with zero attached hydrogens (tertiary/aromatic N) is 3. The zero-order valence-electron chi connectivity index (χ0n) is 11.7. The number of phosphoric ester groups is 1. The fourth-order valence-corrected chi connectivity index (χ4v) is 4.26. The molecular formula is C10H11BrN5O7P. The van der Waals surface area contributed by atoms with E-state index in [9.17, 15) is 19.4 Å². The number of ether oxygens (including phenoxy) is 1. The summed E-state index contributed by atoms with van der Waals surface area (Å²) in [6.07, 6.45) is -4.25. The second-order valence-electron chi connectivity index (χ2n) is 5.26. The summed E-state index contributed by atoms with van der Waals surface area (Å²) in [6, 6.07) is 0. The highest BCUT2D eigenvalue weighted by molar-refractivity contribution is 9.10. The Hall–Kier alpha value is -1.34. The second-order valence-corrected chi connectivity index (χ2v) is 7.38. The van der Waals surface area contributed by atoms with Crippen molar-refractivity contribution in [3.05, 3.63) is 15.1 Å². The van der Waals surface area contributed by atoms with E-state index in [2.05, 4.69) is 35.4 Å². The zero-order valence-corrected chi connectivity index (χ0v) is 14.2. The van der Waals surface area contributed by atoms with Crippen LogP contribution in [-0.4, -0.2) is 54.4 Å². The van der Waals surface area contributed by atoms with Gasteiger partial charge in [0.15, 0.2) is 22.1 Å². The van der Waals surface area contributed by atoms with Crippen LogP contribution < -0.4 is 11.3 Å². The van der Waals surface area contributed by atoms with Crippen LogP contribution >= 0.6 is 23.8 Å². The quantitative estimate of drug-likeness (QED) is 0.336. The number of rotatable bonds is 1. The van der Waals surface area contributed by atoms with Gasteiger partial charge in [0.1, 0.15) is 18.3 Å². The third kappa shape index (κ3) is 2.40. The average Bonchev–Trinajstić information content (AvgIpc) is 2.96. The van der Waals surface area contributed by atoms with Gasteiger partial charge in [-0.2, -0.15) is 4.98 Å². The molecule has 2 fully saturated rings. The van der Waals surface area contributed by atoms with Gasteiger partial charge in [0.2, 0.25) is 5.95 Å². The Kier molecular flexibility index (Phi) is 3.58. The van der Waals surface area contributed by atoms with Gasteiger partial charge in [-0.1, -0.05) is 0 Å². The lowest BCUT2D eigenvalue weighted by Gasteiger charge is -2.27. The number of aliphatic hydroxyl groups is 1. The molecule has 14 heteroatoms. The van der Waals surface area contributed by atoms with Crippen LogP contribution in [0.2, 0.25) is 0 Å². The summed E-state index contributed by atoms with van der Waals surface area (Å²) in [4.78, 5) is 31.7. The number of aromatic amines is 1. The molecule has 130 valence electrons. The van der Waals surface area contributed by atoms with E-state index in [1.807, 2.05) is 0 Å². The van der Waals surface area contributed by atoms with Crippen molar-refractivity contribution in [3.8, 4) is 0 Å². The fraction of sp³-hybridized carbons (Fsp3) is 0.500. The van der Waals surface area contributed by atoms with Gasteiger partial charge in [-0.05, 0) is 15.9 Å². The number of nitrogen functional groups attached to an aromatic ring is 1. The van der Waals surface area contributed by atoms with E-state index >= 15 is 0 Å². The summed E-state index contributed by atoms with van der Waals surface area (Å²) in [6.45, 7) is -0.230. The van der Waals surface area contributed by atoms with Gasteiger partial charge in [-0.25, -0.2) is 9.55 Å². The predicted octanol–water partition coefficient (Wildman–Crippen LogP) is -0.762. The Morgan fingerprint density at radius 1 is 1.46 bits per heavy atom. The molecule has 0 saturated carbocycles. The van der Waals surface area contributed by atoms with Crippen molar-refractivity contribution < 1.29 is 28.3 Å².